The van der Waals surface area contributed by atoms with E-state index >= 15 is 0 Å². The molecular formula is C8H8N4OS2. The van der Waals surface area contributed by atoms with Gasteiger partial charge in [-0.05, 0) is 6.92 Å². The molecule has 7 heteroatoms. The zero-order valence-electron chi connectivity index (χ0n) is 8.01. The highest BCUT2D eigenvalue weighted by molar-refractivity contribution is 8.01. The molecule has 0 bridgehead atoms. The van der Waals surface area contributed by atoms with Crippen LogP contribution in [0.2, 0.25) is 0 Å². The molecule has 0 amide bonds. The average molecular weight is 240 g/mol. The Labute approximate surface area is 93.9 Å². The number of fused-ring (bicyclic) bond motifs is 1. The van der Waals surface area contributed by atoms with Crippen LogP contribution in [0.1, 0.15) is 5.69 Å². The van der Waals surface area contributed by atoms with Gasteiger partial charge in [-0.25, -0.2) is 0 Å². The molecule has 0 radical (unpaired) electrons. The van der Waals surface area contributed by atoms with Gasteiger partial charge >= 0.3 is 0 Å². The molecule has 2 aromatic heterocycles. The molecule has 0 aliphatic heterocycles. The minimum atomic E-state index is -0.207. The lowest BCUT2D eigenvalue weighted by Crippen LogP contribution is -2.19. The van der Waals surface area contributed by atoms with E-state index in [9.17, 15) is 4.79 Å². The number of aromatic nitrogens is 4. The summed E-state index contributed by atoms with van der Waals surface area (Å²) in [5.74, 6) is 0.765. The standard InChI is InChI=1S/C8H8N4OS2/c1-3-4-14-8-11-12-6(13)5(2)9-10-7(12)15-8/h3H,1,4H2,2H3. The van der Waals surface area contributed by atoms with Crippen molar-refractivity contribution < 1.29 is 0 Å². The highest BCUT2D eigenvalue weighted by atomic mass is 32.2. The van der Waals surface area contributed by atoms with E-state index in [1.165, 1.54) is 27.6 Å². The Kier molecular flexibility index (Phi) is 2.83. The first-order valence-corrected chi connectivity index (χ1v) is 5.99. The summed E-state index contributed by atoms with van der Waals surface area (Å²) in [4.78, 5) is 12.1. The zero-order valence-corrected chi connectivity index (χ0v) is 9.64. The van der Waals surface area contributed by atoms with Crippen molar-refractivity contribution in [2.75, 3.05) is 5.75 Å². The molecule has 0 N–H and O–H groups in total. The summed E-state index contributed by atoms with van der Waals surface area (Å²) >= 11 is 2.88. The van der Waals surface area contributed by atoms with Gasteiger partial charge in [0.2, 0.25) is 4.96 Å². The predicted molar refractivity (Wildman–Crippen MR) is 60.6 cm³/mol. The first kappa shape index (κ1) is 10.3. The van der Waals surface area contributed by atoms with Crippen LogP contribution in [0.5, 0.6) is 0 Å². The Morgan fingerprint density at radius 1 is 1.60 bits per heavy atom. The Bertz CT molecular complexity index is 559. The summed E-state index contributed by atoms with van der Waals surface area (Å²) < 4.78 is 2.09. The zero-order chi connectivity index (χ0) is 10.8. The van der Waals surface area contributed by atoms with Crippen LogP contribution in [-0.4, -0.2) is 25.6 Å². The summed E-state index contributed by atoms with van der Waals surface area (Å²) in [5, 5.41) is 11.8. The predicted octanol–water partition coefficient (Wildman–Crippen LogP) is 1.13. The maximum atomic E-state index is 11.6. The molecule has 0 aliphatic carbocycles. The fourth-order valence-corrected chi connectivity index (χ4v) is 2.60. The lowest BCUT2D eigenvalue weighted by molar-refractivity contribution is 0.803. The first-order valence-electron chi connectivity index (χ1n) is 4.19. The van der Waals surface area contributed by atoms with Crippen molar-refractivity contribution >= 4 is 28.1 Å². The van der Waals surface area contributed by atoms with E-state index in [1.807, 2.05) is 0 Å². The maximum Gasteiger partial charge on any atom is 0.296 e. The van der Waals surface area contributed by atoms with Crippen molar-refractivity contribution in [1.82, 2.24) is 19.8 Å². The van der Waals surface area contributed by atoms with Gasteiger partial charge < -0.3 is 0 Å². The van der Waals surface area contributed by atoms with Gasteiger partial charge in [0.05, 0.1) is 0 Å². The number of hydrogen-bond acceptors (Lipinski definition) is 6. The van der Waals surface area contributed by atoms with Crippen LogP contribution in [0.15, 0.2) is 21.8 Å². The molecule has 0 aromatic carbocycles. The molecule has 0 saturated carbocycles. The molecule has 0 atom stereocenters. The monoisotopic (exact) mass is 240 g/mol. The van der Waals surface area contributed by atoms with Crippen LogP contribution < -0.4 is 5.56 Å². The van der Waals surface area contributed by atoms with Gasteiger partial charge in [-0.3, -0.25) is 4.79 Å². The number of thioether (sulfide) groups is 1. The van der Waals surface area contributed by atoms with E-state index in [0.29, 0.717) is 10.7 Å². The van der Waals surface area contributed by atoms with Gasteiger partial charge in [-0.2, -0.15) is 4.52 Å². The van der Waals surface area contributed by atoms with E-state index in [4.69, 9.17) is 0 Å². The molecule has 2 heterocycles. The molecule has 15 heavy (non-hydrogen) atoms. The molecule has 2 aromatic rings. The topological polar surface area (TPSA) is 60.2 Å². The number of nitrogens with zero attached hydrogens (tertiary/aromatic N) is 4. The quantitative estimate of drug-likeness (QED) is 0.594. The maximum absolute atomic E-state index is 11.6. The second-order valence-corrected chi connectivity index (χ2v) is 4.98. The van der Waals surface area contributed by atoms with E-state index in [2.05, 4.69) is 21.9 Å². The largest absolute Gasteiger partial charge is 0.296 e. The lowest BCUT2D eigenvalue weighted by Gasteiger charge is -1.89. The molecule has 0 fully saturated rings. The molecule has 78 valence electrons. The number of aryl methyl sites for hydroxylation is 1. The molecule has 0 unspecified atom stereocenters. The third-order valence-electron chi connectivity index (χ3n) is 1.65. The second kappa shape index (κ2) is 4.11. The summed E-state index contributed by atoms with van der Waals surface area (Å²) in [5.41, 5.74) is 0.153. The van der Waals surface area contributed by atoms with E-state index in [0.717, 1.165) is 10.1 Å². The van der Waals surface area contributed by atoms with Crippen LogP contribution in [0.25, 0.3) is 4.96 Å². The van der Waals surface area contributed by atoms with Crippen molar-refractivity contribution in [3.05, 3.63) is 28.7 Å². The summed E-state index contributed by atoms with van der Waals surface area (Å²) in [6.07, 6.45) is 1.79. The summed E-state index contributed by atoms with van der Waals surface area (Å²) in [7, 11) is 0. The third-order valence-corrected chi connectivity index (χ3v) is 3.68. The van der Waals surface area contributed by atoms with E-state index < -0.39 is 0 Å². The highest BCUT2D eigenvalue weighted by Gasteiger charge is 2.08. The number of hydrogen-bond donors (Lipinski definition) is 0. The number of rotatable bonds is 3. The molecule has 0 saturated heterocycles. The Balaban J connectivity index is 2.51. The SMILES string of the molecule is C=CCSc1nn2c(=O)c(C)nnc2s1. The van der Waals surface area contributed by atoms with Gasteiger partial charge in [0.25, 0.3) is 5.56 Å². The summed E-state index contributed by atoms with van der Waals surface area (Å²) in [6, 6.07) is 0. The van der Waals surface area contributed by atoms with Crippen LogP contribution in [0.4, 0.5) is 0 Å². The Morgan fingerprint density at radius 3 is 3.13 bits per heavy atom. The van der Waals surface area contributed by atoms with Gasteiger partial charge in [-0.15, -0.1) is 21.9 Å². The highest BCUT2D eigenvalue weighted by Crippen LogP contribution is 2.22. The fraction of sp³-hybridized carbons (Fsp3) is 0.250. The van der Waals surface area contributed by atoms with Crippen LogP contribution in [0.3, 0.4) is 0 Å². The molecule has 0 spiro atoms. The molecule has 5 nitrogen and oxygen atoms in total. The fourth-order valence-electron chi connectivity index (χ4n) is 0.964. The van der Waals surface area contributed by atoms with Crippen LogP contribution in [0, 0.1) is 6.92 Å². The smallest absolute Gasteiger partial charge is 0.265 e. The minimum absolute atomic E-state index is 0.207. The molecule has 0 aliphatic rings. The second-order valence-electron chi connectivity index (χ2n) is 2.75. The van der Waals surface area contributed by atoms with Crippen molar-refractivity contribution in [3.63, 3.8) is 0 Å². The molecular weight excluding hydrogens is 232 g/mol. The van der Waals surface area contributed by atoms with E-state index in [1.54, 1.807) is 13.0 Å². The minimum Gasteiger partial charge on any atom is -0.265 e. The van der Waals surface area contributed by atoms with Crippen molar-refractivity contribution in [2.45, 2.75) is 11.3 Å². The third kappa shape index (κ3) is 1.93. The van der Waals surface area contributed by atoms with Crippen LogP contribution in [-0.2, 0) is 0 Å². The van der Waals surface area contributed by atoms with Crippen molar-refractivity contribution in [1.29, 1.82) is 0 Å². The Hall–Kier alpha value is -1.21. The van der Waals surface area contributed by atoms with Gasteiger partial charge in [0.15, 0.2) is 4.34 Å². The molecule has 2 rings (SSSR count). The Morgan fingerprint density at radius 2 is 2.40 bits per heavy atom. The van der Waals surface area contributed by atoms with Crippen molar-refractivity contribution in [2.24, 2.45) is 0 Å². The average Bonchev–Trinajstić information content (AvgIpc) is 2.64. The van der Waals surface area contributed by atoms with Crippen molar-refractivity contribution in [3.8, 4) is 0 Å². The summed E-state index contributed by atoms with van der Waals surface area (Å²) in [6.45, 7) is 5.24. The van der Waals surface area contributed by atoms with Gasteiger partial charge in [0.1, 0.15) is 5.69 Å². The normalized spacial score (nSPS) is 10.7. The van der Waals surface area contributed by atoms with Gasteiger partial charge in [0, 0.05) is 5.75 Å². The van der Waals surface area contributed by atoms with Gasteiger partial charge in [-0.1, -0.05) is 29.2 Å². The van der Waals surface area contributed by atoms with E-state index in [-0.39, 0.29) is 5.56 Å². The lowest BCUT2D eigenvalue weighted by atomic mass is 10.5. The van der Waals surface area contributed by atoms with Crippen LogP contribution >= 0.6 is 23.1 Å². The first-order chi connectivity index (χ1) is 7.22.